The Kier molecular flexibility index (Phi) is 6.20. The highest BCUT2D eigenvalue weighted by Gasteiger charge is 2.33. The molecule has 2 unspecified atom stereocenters. The van der Waals surface area contributed by atoms with E-state index in [2.05, 4.69) is 31.2 Å². The quantitative estimate of drug-likeness (QED) is 0.780. The number of nitrogens with zero attached hydrogens (tertiary/aromatic N) is 1. The molecule has 4 nitrogen and oxygen atoms in total. The molecule has 0 heterocycles. The smallest absolute Gasteiger partial charge is 0.303 e. The number of amides is 1. The lowest BCUT2D eigenvalue weighted by Crippen LogP contribution is -2.38. The third kappa shape index (κ3) is 4.81. The van der Waals surface area contributed by atoms with Gasteiger partial charge in [0.2, 0.25) is 5.91 Å². The van der Waals surface area contributed by atoms with Gasteiger partial charge in [-0.3, -0.25) is 9.59 Å². The summed E-state index contributed by atoms with van der Waals surface area (Å²) in [4.78, 5) is 24.8. The Balaban J connectivity index is 1.91. The number of carboxylic acid groups (broad SMARTS) is 1. The van der Waals surface area contributed by atoms with Crippen molar-refractivity contribution in [2.24, 2.45) is 0 Å². The Bertz CT molecular complexity index is 538. The molecule has 0 spiro atoms. The predicted octanol–water partition coefficient (Wildman–Crippen LogP) is 3.73. The lowest BCUT2D eigenvalue weighted by Gasteiger charge is -2.30. The number of unbranched alkanes of at least 4 members (excludes halogenated alkanes) is 1. The van der Waals surface area contributed by atoms with Crippen LogP contribution in [0.2, 0.25) is 0 Å². The summed E-state index contributed by atoms with van der Waals surface area (Å²) in [6, 6.07) is 8.91. The number of aliphatic carboxylic acids is 1. The first-order chi connectivity index (χ1) is 11.0. The van der Waals surface area contributed by atoms with Gasteiger partial charge in [0.25, 0.3) is 0 Å². The standard InChI is InChI=1S/C19H27NO3/c1-14-10-12-15(13-11-14)16-6-5-7-17(16)20(2)18(21)8-3-4-9-19(22)23/h10-13,16-17H,3-9H2,1-2H3,(H,22,23). The van der Waals surface area contributed by atoms with Gasteiger partial charge in [0, 0.05) is 31.8 Å². The molecule has 1 fully saturated rings. The van der Waals surface area contributed by atoms with Crippen LogP contribution in [0.4, 0.5) is 0 Å². The lowest BCUT2D eigenvalue weighted by molar-refractivity contribution is -0.137. The second-order valence-electron chi connectivity index (χ2n) is 6.62. The first kappa shape index (κ1) is 17.5. The summed E-state index contributed by atoms with van der Waals surface area (Å²) in [7, 11) is 1.90. The molecule has 1 aromatic carbocycles. The monoisotopic (exact) mass is 317 g/mol. The maximum atomic E-state index is 12.4. The minimum Gasteiger partial charge on any atom is -0.481 e. The maximum absolute atomic E-state index is 12.4. The van der Waals surface area contributed by atoms with Gasteiger partial charge < -0.3 is 10.0 Å². The molecule has 0 aliphatic heterocycles. The third-order valence-corrected chi connectivity index (χ3v) is 4.91. The summed E-state index contributed by atoms with van der Waals surface area (Å²) >= 11 is 0. The molecular weight excluding hydrogens is 290 g/mol. The highest BCUT2D eigenvalue weighted by Crippen LogP contribution is 2.37. The van der Waals surface area contributed by atoms with Crippen LogP contribution in [0.3, 0.4) is 0 Å². The number of hydrogen-bond donors (Lipinski definition) is 1. The zero-order valence-electron chi connectivity index (χ0n) is 14.1. The summed E-state index contributed by atoms with van der Waals surface area (Å²) in [6.07, 6.45) is 5.14. The van der Waals surface area contributed by atoms with Gasteiger partial charge >= 0.3 is 5.97 Å². The average molecular weight is 317 g/mol. The van der Waals surface area contributed by atoms with E-state index in [1.54, 1.807) is 0 Å². The van der Waals surface area contributed by atoms with Gasteiger partial charge in [0.1, 0.15) is 0 Å². The van der Waals surface area contributed by atoms with Crippen molar-refractivity contribution in [1.29, 1.82) is 0 Å². The molecule has 2 rings (SSSR count). The minimum absolute atomic E-state index is 0.138. The van der Waals surface area contributed by atoms with E-state index in [1.165, 1.54) is 11.1 Å². The number of hydrogen-bond acceptors (Lipinski definition) is 2. The molecule has 1 saturated carbocycles. The molecule has 2 atom stereocenters. The molecule has 23 heavy (non-hydrogen) atoms. The molecule has 1 N–H and O–H groups in total. The fraction of sp³-hybridized carbons (Fsp3) is 0.579. The summed E-state index contributed by atoms with van der Waals surface area (Å²) in [5.41, 5.74) is 2.58. The Hall–Kier alpha value is -1.84. The van der Waals surface area contributed by atoms with Gasteiger partial charge in [0.05, 0.1) is 0 Å². The minimum atomic E-state index is -0.791. The van der Waals surface area contributed by atoms with Crippen molar-refractivity contribution >= 4 is 11.9 Å². The van der Waals surface area contributed by atoms with Crippen molar-refractivity contribution in [2.75, 3.05) is 7.05 Å². The molecule has 1 aliphatic carbocycles. The van der Waals surface area contributed by atoms with Crippen LogP contribution in [0.25, 0.3) is 0 Å². The topological polar surface area (TPSA) is 57.6 Å². The van der Waals surface area contributed by atoms with Gasteiger partial charge in [-0.1, -0.05) is 36.2 Å². The lowest BCUT2D eigenvalue weighted by atomic mass is 9.92. The van der Waals surface area contributed by atoms with E-state index in [4.69, 9.17) is 5.11 Å². The van der Waals surface area contributed by atoms with Crippen molar-refractivity contribution in [3.05, 3.63) is 35.4 Å². The van der Waals surface area contributed by atoms with E-state index in [1.807, 2.05) is 11.9 Å². The van der Waals surface area contributed by atoms with Gasteiger partial charge in [-0.15, -0.1) is 0 Å². The molecule has 126 valence electrons. The van der Waals surface area contributed by atoms with Crippen molar-refractivity contribution in [3.8, 4) is 0 Å². The number of carbonyl (C=O) groups excluding carboxylic acids is 1. The number of benzene rings is 1. The van der Waals surface area contributed by atoms with E-state index >= 15 is 0 Å². The van der Waals surface area contributed by atoms with Crippen molar-refractivity contribution in [3.63, 3.8) is 0 Å². The molecule has 0 aromatic heterocycles. The first-order valence-corrected chi connectivity index (χ1v) is 8.53. The molecule has 1 amide bonds. The molecule has 0 bridgehead atoms. The van der Waals surface area contributed by atoms with Crippen LogP contribution in [0.15, 0.2) is 24.3 Å². The highest BCUT2D eigenvalue weighted by atomic mass is 16.4. The van der Waals surface area contributed by atoms with Gasteiger partial charge in [-0.05, 0) is 38.2 Å². The fourth-order valence-corrected chi connectivity index (χ4v) is 3.52. The van der Waals surface area contributed by atoms with Crippen molar-refractivity contribution in [2.45, 2.75) is 63.8 Å². The Morgan fingerprint density at radius 1 is 1.13 bits per heavy atom. The largest absolute Gasteiger partial charge is 0.481 e. The summed E-state index contributed by atoms with van der Waals surface area (Å²) in [6.45, 7) is 2.09. The average Bonchev–Trinajstić information content (AvgIpc) is 3.00. The maximum Gasteiger partial charge on any atom is 0.303 e. The Labute approximate surface area is 138 Å². The molecule has 1 aliphatic rings. The number of carbonyl (C=O) groups is 2. The van der Waals surface area contributed by atoms with Crippen molar-refractivity contribution < 1.29 is 14.7 Å². The first-order valence-electron chi connectivity index (χ1n) is 8.53. The zero-order valence-corrected chi connectivity index (χ0v) is 14.1. The summed E-state index contributed by atoms with van der Waals surface area (Å²) in [5.74, 6) is -0.232. The molecule has 0 radical (unpaired) electrons. The number of carboxylic acids is 1. The van der Waals surface area contributed by atoms with E-state index in [0.717, 1.165) is 19.3 Å². The zero-order chi connectivity index (χ0) is 16.8. The van der Waals surface area contributed by atoms with E-state index in [9.17, 15) is 9.59 Å². The van der Waals surface area contributed by atoms with E-state index in [0.29, 0.717) is 25.2 Å². The van der Waals surface area contributed by atoms with Gasteiger partial charge in [-0.25, -0.2) is 0 Å². The van der Waals surface area contributed by atoms with Crippen LogP contribution in [-0.2, 0) is 9.59 Å². The fourth-order valence-electron chi connectivity index (χ4n) is 3.52. The summed E-state index contributed by atoms with van der Waals surface area (Å²) < 4.78 is 0. The molecule has 1 aromatic rings. The molecule has 4 heteroatoms. The molecular formula is C19H27NO3. The van der Waals surface area contributed by atoms with Crippen LogP contribution < -0.4 is 0 Å². The van der Waals surface area contributed by atoms with Crippen LogP contribution in [0, 0.1) is 6.92 Å². The summed E-state index contributed by atoms with van der Waals surface area (Å²) in [5, 5.41) is 8.65. The number of rotatable bonds is 7. The van der Waals surface area contributed by atoms with Gasteiger partial charge in [-0.2, -0.15) is 0 Å². The van der Waals surface area contributed by atoms with E-state index in [-0.39, 0.29) is 18.4 Å². The predicted molar refractivity (Wildman–Crippen MR) is 90.4 cm³/mol. The van der Waals surface area contributed by atoms with Crippen LogP contribution in [-0.4, -0.2) is 35.0 Å². The molecule has 0 saturated heterocycles. The van der Waals surface area contributed by atoms with Crippen LogP contribution in [0.5, 0.6) is 0 Å². The van der Waals surface area contributed by atoms with Crippen LogP contribution in [0.1, 0.15) is 62.0 Å². The van der Waals surface area contributed by atoms with E-state index < -0.39 is 5.97 Å². The number of aryl methyl sites for hydroxylation is 1. The highest BCUT2D eigenvalue weighted by molar-refractivity contribution is 5.76. The number of likely N-dealkylation sites (N-methyl/N-ethyl adjacent to an activating group) is 1. The third-order valence-electron chi connectivity index (χ3n) is 4.91. The second kappa shape index (κ2) is 8.14. The second-order valence-corrected chi connectivity index (χ2v) is 6.62. The normalized spacial score (nSPS) is 20.4. The Morgan fingerprint density at radius 3 is 2.43 bits per heavy atom. The SMILES string of the molecule is Cc1ccc(C2CCCC2N(C)C(=O)CCCCC(=O)O)cc1. The van der Waals surface area contributed by atoms with Crippen LogP contribution >= 0.6 is 0 Å². The van der Waals surface area contributed by atoms with Gasteiger partial charge in [0.15, 0.2) is 0 Å². The van der Waals surface area contributed by atoms with Crippen molar-refractivity contribution in [1.82, 2.24) is 4.90 Å². The Morgan fingerprint density at radius 2 is 1.78 bits per heavy atom.